The molecule has 0 aliphatic heterocycles. The summed E-state index contributed by atoms with van der Waals surface area (Å²) in [4.78, 5) is 24.6. The van der Waals surface area contributed by atoms with E-state index in [-0.39, 0.29) is 17.0 Å². The van der Waals surface area contributed by atoms with Gasteiger partial charge in [0.05, 0.1) is 12.9 Å². The molecule has 0 aromatic carbocycles. The molecular formula is C9H12ClN7O. The van der Waals surface area contributed by atoms with Gasteiger partial charge in [-0.2, -0.15) is 4.98 Å². The maximum Gasteiger partial charge on any atom is 0.276 e. The van der Waals surface area contributed by atoms with Gasteiger partial charge in [0.15, 0.2) is 11.2 Å². The Kier molecular flexibility index (Phi) is 3.88. The first-order valence-corrected chi connectivity index (χ1v) is 5.94. The molecule has 8 nitrogen and oxygen atoms in total. The average molecular weight is 270 g/mol. The molecule has 96 valence electrons. The van der Waals surface area contributed by atoms with Crippen molar-refractivity contribution in [3.63, 3.8) is 0 Å². The largest absolute Gasteiger partial charge is 0.315 e. The molecule has 2 aromatic heterocycles. The van der Waals surface area contributed by atoms with E-state index >= 15 is 0 Å². The molecule has 0 spiro atoms. The number of nitrogens with zero attached hydrogens (tertiary/aromatic N) is 5. The smallest absolute Gasteiger partial charge is 0.276 e. The van der Waals surface area contributed by atoms with Crippen LogP contribution in [0.25, 0.3) is 11.2 Å². The second-order valence-electron chi connectivity index (χ2n) is 3.42. The van der Waals surface area contributed by atoms with Gasteiger partial charge in [0.2, 0.25) is 0 Å². The minimum atomic E-state index is -0.290. The van der Waals surface area contributed by atoms with Crippen LogP contribution in [0.1, 0.15) is 6.92 Å². The topological polar surface area (TPSA) is 102 Å². The van der Waals surface area contributed by atoms with Crippen molar-refractivity contribution >= 4 is 28.7 Å². The van der Waals surface area contributed by atoms with Crippen molar-refractivity contribution in [1.29, 1.82) is 0 Å². The first-order chi connectivity index (χ1) is 8.74. The number of halogens is 1. The maximum absolute atomic E-state index is 11.4. The molecule has 0 aliphatic carbocycles. The lowest BCUT2D eigenvalue weighted by Crippen LogP contribution is -2.18. The molecular weight excluding hydrogens is 258 g/mol. The van der Waals surface area contributed by atoms with E-state index in [4.69, 9.17) is 11.6 Å². The Morgan fingerprint density at radius 1 is 1.56 bits per heavy atom. The van der Waals surface area contributed by atoms with Crippen LogP contribution in [-0.2, 0) is 0 Å². The third kappa shape index (κ3) is 2.65. The SMILES string of the molecule is CCN(CCCl)N=Nc1nc2nc[nH]c(=O)c2[nH]1. The van der Waals surface area contributed by atoms with Crippen molar-refractivity contribution in [2.75, 3.05) is 19.0 Å². The molecule has 0 amide bonds. The van der Waals surface area contributed by atoms with Crippen LogP contribution in [0, 0.1) is 0 Å². The van der Waals surface area contributed by atoms with Gasteiger partial charge in [-0.15, -0.1) is 11.6 Å². The lowest BCUT2D eigenvalue weighted by atomic mass is 10.6. The molecule has 0 fully saturated rings. The fourth-order valence-corrected chi connectivity index (χ4v) is 1.54. The lowest BCUT2D eigenvalue weighted by molar-refractivity contribution is 0.302. The summed E-state index contributed by atoms with van der Waals surface area (Å²) in [5, 5.41) is 9.57. The van der Waals surface area contributed by atoms with Gasteiger partial charge in [0.1, 0.15) is 0 Å². The molecule has 2 N–H and O–H groups in total. The van der Waals surface area contributed by atoms with Crippen LogP contribution in [0.3, 0.4) is 0 Å². The fraction of sp³-hybridized carbons (Fsp3) is 0.444. The van der Waals surface area contributed by atoms with Gasteiger partial charge in [0, 0.05) is 12.4 Å². The molecule has 0 bridgehead atoms. The van der Waals surface area contributed by atoms with Crippen molar-refractivity contribution in [2.45, 2.75) is 6.92 Å². The molecule has 0 saturated carbocycles. The molecule has 0 aliphatic rings. The molecule has 2 aromatic rings. The minimum absolute atomic E-state index is 0.238. The Morgan fingerprint density at radius 3 is 3.06 bits per heavy atom. The summed E-state index contributed by atoms with van der Waals surface area (Å²) < 4.78 is 0. The first-order valence-electron chi connectivity index (χ1n) is 5.40. The summed E-state index contributed by atoms with van der Waals surface area (Å²) in [6, 6.07) is 0. The molecule has 0 unspecified atom stereocenters. The van der Waals surface area contributed by atoms with E-state index in [1.54, 1.807) is 5.01 Å². The van der Waals surface area contributed by atoms with Crippen molar-refractivity contribution in [3.8, 4) is 0 Å². The van der Waals surface area contributed by atoms with Crippen molar-refractivity contribution in [1.82, 2.24) is 24.9 Å². The number of hydrogen-bond donors (Lipinski definition) is 2. The van der Waals surface area contributed by atoms with Gasteiger partial charge >= 0.3 is 0 Å². The number of fused-ring (bicyclic) bond motifs is 1. The average Bonchev–Trinajstić information content (AvgIpc) is 2.79. The predicted octanol–water partition coefficient (Wildman–Crippen LogP) is 1.21. The molecule has 18 heavy (non-hydrogen) atoms. The third-order valence-electron chi connectivity index (χ3n) is 2.26. The number of rotatable bonds is 5. The van der Waals surface area contributed by atoms with Crippen LogP contribution in [-0.4, -0.2) is 43.9 Å². The number of aromatic nitrogens is 4. The number of H-pyrrole nitrogens is 2. The van der Waals surface area contributed by atoms with Gasteiger partial charge in [-0.05, 0) is 6.92 Å². The third-order valence-corrected chi connectivity index (χ3v) is 2.42. The van der Waals surface area contributed by atoms with Gasteiger partial charge in [-0.1, -0.05) is 10.3 Å². The van der Waals surface area contributed by atoms with E-state index in [1.165, 1.54) is 6.33 Å². The number of imidazole rings is 1. The molecule has 0 radical (unpaired) electrons. The highest BCUT2D eigenvalue weighted by atomic mass is 35.5. The van der Waals surface area contributed by atoms with Gasteiger partial charge in [0.25, 0.3) is 11.5 Å². The monoisotopic (exact) mass is 269 g/mol. The lowest BCUT2D eigenvalue weighted by Gasteiger charge is -2.11. The summed E-state index contributed by atoms with van der Waals surface area (Å²) in [5.41, 5.74) is 0.307. The highest BCUT2D eigenvalue weighted by Gasteiger charge is 2.06. The number of nitrogens with one attached hydrogen (secondary N) is 2. The minimum Gasteiger partial charge on any atom is -0.315 e. The van der Waals surface area contributed by atoms with Crippen LogP contribution in [0.4, 0.5) is 5.95 Å². The summed E-state index contributed by atoms with van der Waals surface area (Å²) >= 11 is 5.62. The van der Waals surface area contributed by atoms with Crippen LogP contribution in [0.2, 0.25) is 0 Å². The standard InChI is InChI=1S/C9H12ClN7O/c1-2-17(4-3-10)16-15-9-13-6-7(14-9)11-5-12-8(6)18/h5H,2-4H2,1H3,(H2,11,12,13,14,18). The summed E-state index contributed by atoms with van der Waals surface area (Å²) in [6.45, 7) is 3.23. The van der Waals surface area contributed by atoms with E-state index in [0.717, 1.165) is 0 Å². The van der Waals surface area contributed by atoms with Gasteiger partial charge in [-0.25, -0.2) is 4.98 Å². The van der Waals surface area contributed by atoms with Crippen molar-refractivity contribution in [2.24, 2.45) is 10.3 Å². The predicted molar refractivity (Wildman–Crippen MR) is 67.0 cm³/mol. The number of hydrogen-bond acceptors (Lipinski definition) is 5. The van der Waals surface area contributed by atoms with Crippen LogP contribution < -0.4 is 5.56 Å². The Morgan fingerprint density at radius 2 is 2.39 bits per heavy atom. The van der Waals surface area contributed by atoms with Crippen LogP contribution >= 0.6 is 11.6 Å². The number of aromatic amines is 2. The second kappa shape index (κ2) is 5.58. The van der Waals surface area contributed by atoms with Gasteiger partial charge in [-0.3, -0.25) is 9.80 Å². The Hall–Kier alpha value is -1.96. The second-order valence-corrected chi connectivity index (χ2v) is 3.79. The zero-order valence-corrected chi connectivity index (χ0v) is 10.5. The van der Waals surface area contributed by atoms with Crippen LogP contribution in [0.5, 0.6) is 0 Å². The first kappa shape index (κ1) is 12.5. The van der Waals surface area contributed by atoms with Crippen LogP contribution in [0.15, 0.2) is 21.5 Å². The zero-order valence-electron chi connectivity index (χ0n) is 9.72. The highest BCUT2D eigenvalue weighted by molar-refractivity contribution is 6.18. The fourth-order valence-electron chi connectivity index (χ4n) is 1.34. The summed E-state index contributed by atoms with van der Waals surface area (Å²) in [7, 11) is 0. The molecule has 2 heterocycles. The van der Waals surface area contributed by atoms with Crippen molar-refractivity contribution in [3.05, 3.63) is 16.7 Å². The van der Waals surface area contributed by atoms with E-state index in [9.17, 15) is 4.79 Å². The summed E-state index contributed by atoms with van der Waals surface area (Å²) in [6.07, 6.45) is 1.29. The van der Waals surface area contributed by atoms with E-state index < -0.39 is 0 Å². The highest BCUT2D eigenvalue weighted by Crippen LogP contribution is 2.10. The Bertz CT molecular complexity index is 604. The number of alkyl halides is 1. The van der Waals surface area contributed by atoms with E-state index in [0.29, 0.717) is 24.6 Å². The molecule has 0 atom stereocenters. The molecule has 2 rings (SSSR count). The normalized spacial score (nSPS) is 11.4. The summed E-state index contributed by atoms with van der Waals surface area (Å²) in [5.74, 6) is 0.705. The Balaban J connectivity index is 2.24. The maximum atomic E-state index is 11.4. The quantitative estimate of drug-likeness (QED) is 0.484. The zero-order chi connectivity index (χ0) is 13.0. The van der Waals surface area contributed by atoms with Crippen molar-refractivity contribution < 1.29 is 0 Å². The molecule has 9 heteroatoms. The van der Waals surface area contributed by atoms with Gasteiger partial charge < -0.3 is 9.97 Å². The van der Waals surface area contributed by atoms with E-state index in [1.807, 2.05) is 6.92 Å². The Labute approximate surface area is 107 Å². The van der Waals surface area contributed by atoms with E-state index in [2.05, 4.69) is 30.3 Å². The molecule has 0 saturated heterocycles.